The Morgan fingerprint density at radius 3 is 2.56 bits per heavy atom. The summed E-state index contributed by atoms with van der Waals surface area (Å²) < 4.78 is 60.5. The van der Waals surface area contributed by atoms with E-state index < -0.39 is 24.1 Å². The van der Waals surface area contributed by atoms with Crippen molar-refractivity contribution in [1.29, 1.82) is 5.26 Å². The summed E-state index contributed by atoms with van der Waals surface area (Å²) in [6.07, 6.45) is -2.33. The molecule has 5 rings (SSSR count). The molecule has 1 aliphatic carbocycles. The summed E-state index contributed by atoms with van der Waals surface area (Å²) in [6.45, 7) is -0.173. The van der Waals surface area contributed by atoms with E-state index in [1.165, 1.54) is 29.2 Å². The van der Waals surface area contributed by atoms with Crippen LogP contribution in [0.1, 0.15) is 40.0 Å². The molecule has 1 aliphatic heterocycles. The average Bonchev–Trinajstić information content (AvgIpc) is 3.54. The number of hydrogen-bond acceptors (Lipinski definition) is 4. The topological polar surface area (TPSA) is 71.2 Å². The fraction of sp³-hybridized carbons (Fsp3) is 0.320. The Bertz CT molecular complexity index is 1370. The van der Waals surface area contributed by atoms with Crippen LogP contribution in [0.2, 0.25) is 5.02 Å². The van der Waals surface area contributed by atoms with Crippen LogP contribution in [0, 0.1) is 22.6 Å². The molecular formula is C25H19ClF4N4O2. The third-order valence-corrected chi connectivity index (χ3v) is 7.02. The van der Waals surface area contributed by atoms with E-state index in [4.69, 9.17) is 16.3 Å². The molecule has 36 heavy (non-hydrogen) atoms. The molecule has 2 aliphatic rings. The molecule has 6 nitrogen and oxygen atoms in total. The van der Waals surface area contributed by atoms with E-state index in [2.05, 4.69) is 5.10 Å². The van der Waals surface area contributed by atoms with Gasteiger partial charge < -0.3 is 9.64 Å². The van der Waals surface area contributed by atoms with Crippen LogP contribution in [0.4, 0.5) is 17.6 Å². The number of aromatic nitrogens is 2. The van der Waals surface area contributed by atoms with Gasteiger partial charge in [-0.15, -0.1) is 0 Å². The lowest BCUT2D eigenvalue weighted by molar-refractivity contribution is -0.194. The van der Waals surface area contributed by atoms with Gasteiger partial charge in [-0.05, 0) is 49.2 Å². The second-order valence-corrected chi connectivity index (χ2v) is 9.36. The predicted molar refractivity (Wildman–Crippen MR) is 121 cm³/mol. The molecule has 0 N–H and O–H groups in total. The second kappa shape index (κ2) is 8.82. The third kappa shape index (κ3) is 4.28. The molecule has 1 saturated carbocycles. The number of rotatable bonds is 5. The molecule has 0 radical (unpaired) electrons. The normalized spacial score (nSPS) is 16.3. The van der Waals surface area contributed by atoms with Gasteiger partial charge in [0.25, 0.3) is 5.91 Å². The molecule has 0 atom stereocenters. The van der Waals surface area contributed by atoms with Crippen LogP contribution in [-0.2, 0) is 13.0 Å². The lowest BCUT2D eigenvalue weighted by atomic mass is 10.0. The fourth-order valence-electron chi connectivity index (χ4n) is 4.21. The number of carbonyl (C=O) groups is 1. The Kier molecular flexibility index (Phi) is 5.91. The number of alkyl halides is 3. The molecule has 2 heterocycles. The summed E-state index contributed by atoms with van der Waals surface area (Å²) in [5.41, 5.74) is 0.153. The van der Waals surface area contributed by atoms with Crippen molar-refractivity contribution in [2.45, 2.75) is 32.0 Å². The van der Waals surface area contributed by atoms with E-state index in [0.717, 1.165) is 11.3 Å². The first kappa shape index (κ1) is 24.1. The Balaban J connectivity index is 1.40. The number of carbonyl (C=O) groups excluding carboxylic acids is 1. The smallest absolute Gasteiger partial charge is 0.397 e. The van der Waals surface area contributed by atoms with Crippen molar-refractivity contribution in [3.63, 3.8) is 0 Å². The predicted octanol–water partition coefficient (Wildman–Crippen LogP) is 5.46. The SMILES string of the molecule is N#Cc1ccc(OCC2(C(F)(F)F)CC2)c(C(=O)N2CCc3nn(-c4ccc(F)cc4)cc3C2)c1Cl. The third-order valence-electron chi connectivity index (χ3n) is 6.63. The summed E-state index contributed by atoms with van der Waals surface area (Å²) >= 11 is 6.36. The van der Waals surface area contributed by atoms with E-state index in [1.54, 1.807) is 23.0 Å². The quantitative estimate of drug-likeness (QED) is 0.421. The minimum absolute atomic E-state index is 0.0196. The van der Waals surface area contributed by atoms with Gasteiger partial charge in [0.15, 0.2) is 0 Å². The van der Waals surface area contributed by atoms with Gasteiger partial charge in [-0.2, -0.15) is 23.5 Å². The van der Waals surface area contributed by atoms with E-state index in [1.807, 2.05) is 6.07 Å². The van der Waals surface area contributed by atoms with Crippen LogP contribution in [0.25, 0.3) is 5.69 Å². The molecule has 0 bridgehead atoms. The number of amides is 1. The van der Waals surface area contributed by atoms with Gasteiger partial charge in [0.2, 0.25) is 0 Å². The largest absolute Gasteiger partial charge is 0.492 e. The Hall–Kier alpha value is -3.58. The minimum Gasteiger partial charge on any atom is -0.492 e. The minimum atomic E-state index is -4.42. The van der Waals surface area contributed by atoms with Gasteiger partial charge in [0.05, 0.1) is 22.0 Å². The number of benzene rings is 2. The van der Waals surface area contributed by atoms with Crippen molar-refractivity contribution in [1.82, 2.24) is 14.7 Å². The van der Waals surface area contributed by atoms with Crippen LogP contribution in [0.15, 0.2) is 42.6 Å². The second-order valence-electron chi connectivity index (χ2n) is 8.98. The summed E-state index contributed by atoms with van der Waals surface area (Å²) in [6, 6.07) is 10.3. The van der Waals surface area contributed by atoms with Crippen molar-refractivity contribution in [3.05, 3.63) is 75.8 Å². The summed E-state index contributed by atoms with van der Waals surface area (Å²) in [5.74, 6) is -1.01. The highest BCUT2D eigenvalue weighted by molar-refractivity contribution is 6.35. The molecular weight excluding hydrogens is 500 g/mol. The Morgan fingerprint density at radius 1 is 1.19 bits per heavy atom. The highest BCUT2D eigenvalue weighted by Gasteiger charge is 2.64. The molecule has 0 spiro atoms. The molecule has 1 fully saturated rings. The number of nitriles is 1. The number of fused-ring (bicyclic) bond motifs is 1. The molecule has 1 aromatic heterocycles. The first-order chi connectivity index (χ1) is 17.1. The van der Waals surface area contributed by atoms with E-state index in [-0.39, 0.29) is 53.6 Å². The van der Waals surface area contributed by atoms with E-state index >= 15 is 0 Å². The highest BCUT2D eigenvalue weighted by Crippen LogP contribution is 2.57. The number of ether oxygens (including phenoxy) is 1. The maximum atomic E-state index is 13.5. The van der Waals surface area contributed by atoms with Gasteiger partial charge in [0, 0.05) is 31.3 Å². The number of hydrogen-bond donors (Lipinski definition) is 0. The van der Waals surface area contributed by atoms with Gasteiger partial charge >= 0.3 is 6.18 Å². The standard InChI is InChI=1S/C25H19ClF4N4O2/c26-22-15(11-31)1-6-20(36-14-24(8-9-24)25(28,29)30)21(22)23(35)33-10-7-19-16(12-33)13-34(32-19)18-4-2-17(27)3-5-18/h1-6,13H,7-10,12,14H2. The molecule has 0 saturated heterocycles. The highest BCUT2D eigenvalue weighted by atomic mass is 35.5. The zero-order valence-corrected chi connectivity index (χ0v) is 19.5. The molecule has 1 amide bonds. The first-order valence-electron chi connectivity index (χ1n) is 11.2. The van der Waals surface area contributed by atoms with E-state index in [9.17, 15) is 27.6 Å². The van der Waals surface area contributed by atoms with Crippen LogP contribution < -0.4 is 4.74 Å². The van der Waals surface area contributed by atoms with Crippen molar-refractivity contribution < 1.29 is 27.1 Å². The van der Waals surface area contributed by atoms with E-state index in [0.29, 0.717) is 12.1 Å². The van der Waals surface area contributed by atoms with Crippen LogP contribution in [0.3, 0.4) is 0 Å². The first-order valence-corrected chi connectivity index (χ1v) is 11.5. The molecule has 0 unspecified atom stereocenters. The molecule has 3 aromatic rings. The van der Waals surface area contributed by atoms with Gasteiger partial charge in [0.1, 0.15) is 35.2 Å². The monoisotopic (exact) mass is 518 g/mol. The van der Waals surface area contributed by atoms with Crippen LogP contribution >= 0.6 is 11.6 Å². The fourth-order valence-corrected chi connectivity index (χ4v) is 4.49. The molecule has 11 heteroatoms. The Labute approximate surface area is 208 Å². The van der Waals surface area contributed by atoms with Crippen LogP contribution in [-0.4, -0.2) is 39.9 Å². The summed E-state index contributed by atoms with van der Waals surface area (Å²) in [7, 11) is 0. The summed E-state index contributed by atoms with van der Waals surface area (Å²) in [5, 5.41) is 13.7. The molecule has 2 aromatic carbocycles. The van der Waals surface area contributed by atoms with Crippen molar-refractivity contribution in [3.8, 4) is 17.5 Å². The van der Waals surface area contributed by atoms with Gasteiger partial charge in [-0.25, -0.2) is 9.07 Å². The van der Waals surface area contributed by atoms with Gasteiger partial charge in [-0.3, -0.25) is 4.79 Å². The number of halogens is 5. The average molecular weight is 519 g/mol. The van der Waals surface area contributed by atoms with Gasteiger partial charge in [-0.1, -0.05) is 11.6 Å². The maximum absolute atomic E-state index is 13.5. The Morgan fingerprint density at radius 2 is 1.92 bits per heavy atom. The van der Waals surface area contributed by atoms with Crippen LogP contribution in [0.5, 0.6) is 5.75 Å². The lowest BCUT2D eigenvalue weighted by Gasteiger charge is -2.28. The maximum Gasteiger partial charge on any atom is 0.397 e. The zero-order valence-electron chi connectivity index (χ0n) is 18.8. The zero-order chi connectivity index (χ0) is 25.7. The van der Waals surface area contributed by atoms with Crippen molar-refractivity contribution >= 4 is 17.5 Å². The number of nitrogens with zero attached hydrogens (tertiary/aromatic N) is 4. The van der Waals surface area contributed by atoms with Crippen molar-refractivity contribution in [2.75, 3.05) is 13.2 Å². The molecule has 186 valence electrons. The van der Waals surface area contributed by atoms with Crippen molar-refractivity contribution in [2.24, 2.45) is 5.41 Å². The lowest BCUT2D eigenvalue weighted by Crippen LogP contribution is -2.36. The summed E-state index contributed by atoms with van der Waals surface area (Å²) in [4.78, 5) is 15.0.